The Balaban J connectivity index is 1.67. The number of nitrogens with one attached hydrogen (secondary N) is 1. The number of fused-ring (bicyclic) bond motifs is 2. The van der Waals surface area contributed by atoms with Gasteiger partial charge in [0.2, 0.25) is 0 Å². The molecular formula is C17H28N4O2. The van der Waals surface area contributed by atoms with Crippen LogP contribution >= 0.6 is 0 Å². The van der Waals surface area contributed by atoms with Crippen molar-refractivity contribution < 1.29 is 9.53 Å². The SMILES string of the molecule is CCOC(=O)Cn1nc(C)c(CN2CCC3CCC(C2)N3)c1C. The van der Waals surface area contributed by atoms with E-state index >= 15 is 0 Å². The summed E-state index contributed by atoms with van der Waals surface area (Å²) in [5.41, 5.74) is 3.36. The van der Waals surface area contributed by atoms with Gasteiger partial charge < -0.3 is 10.1 Å². The first-order chi connectivity index (χ1) is 11.1. The lowest BCUT2D eigenvalue weighted by atomic mass is 10.1. The highest BCUT2D eigenvalue weighted by Gasteiger charge is 2.29. The molecule has 2 saturated heterocycles. The van der Waals surface area contributed by atoms with Gasteiger partial charge in [0.1, 0.15) is 6.54 Å². The number of aryl methyl sites for hydroxylation is 1. The fourth-order valence-electron chi connectivity index (χ4n) is 3.83. The Morgan fingerprint density at radius 1 is 1.30 bits per heavy atom. The third-order valence-corrected chi connectivity index (χ3v) is 5.10. The van der Waals surface area contributed by atoms with Crippen molar-refractivity contribution in [3.8, 4) is 0 Å². The van der Waals surface area contributed by atoms with Crippen LogP contribution in [0.15, 0.2) is 0 Å². The number of carbonyl (C=O) groups is 1. The van der Waals surface area contributed by atoms with E-state index in [-0.39, 0.29) is 12.5 Å². The van der Waals surface area contributed by atoms with Gasteiger partial charge in [0, 0.05) is 43.0 Å². The molecule has 1 N–H and O–H groups in total. The smallest absolute Gasteiger partial charge is 0.327 e. The number of hydrogen-bond donors (Lipinski definition) is 1. The van der Waals surface area contributed by atoms with Crippen LogP contribution in [0.3, 0.4) is 0 Å². The number of likely N-dealkylation sites (tertiary alicyclic amines) is 1. The monoisotopic (exact) mass is 320 g/mol. The van der Waals surface area contributed by atoms with Crippen molar-refractivity contribution in [2.24, 2.45) is 0 Å². The second-order valence-corrected chi connectivity index (χ2v) is 6.77. The molecule has 2 bridgehead atoms. The minimum atomic E-state index is -0.221. The lowest BCUT2D eigenvalue weighted by Crippen LogP contribution is -2.35. The van der Waals surface area contributed by atoms with Crippen molar-refractivity contribution in [2.45, 2.75) is 65.2 Å². The minimum Gasteiger partial charge on any atom is -0.465 e. The first kappa shape index (κ1) is 16.5. The van der Waals surface area contributed by atoms with Gasteiger partial charge in [-0.3, -0.25) is 14.4 Å². The summed E-state index contributed by atoms with van der Waals surface area (Å²) in [4.78, 5) is 14.2. The molecule has 0 aromatic carbocycles. The van der Waals surface area contributed by atoms with Gasteiger partial charge in [-0.15, -0.1) is 0 Å². The molecule has 3 heterocycles. The van der Waals surface area contributed by atoms with Crippen molar-refractivity contribution in [3.05, 3.63) is 17.0 Å². The first-order valence-corrected chi connectivity index (χ1v) is 8.73. The van der Waals surface area contributed by atoms with Crippen LogP contribution in [-0.4, -0.2) is 52.4 Å². The van der Waals surface area contributed by atoms with E-state index in [1.54, 1.807) is 4.68 Å². The second-order valence-electron chi connectivity index (χ2n) is 6.77. The molecule has 2 aliphatic rings. The molecule has 128 valence electrons. The highest BCUT2D eigenvalue weighted by molar-refractivity contribution is 5.69. The third-order valence-electron chi connectivity index (χ3n) is 5.10. The summed E-state index contributed by atoms with van der Waals surface area (Å²) in [5.74, 6) is -0.221. The fourth-order valence-corrected chi connectivity index (χ4v) is 3.83. The van der Waals surface area contributed by atoms with Gasteiger partial charge in [-0.2, -0.15) is 5.10 Å². The number of nitrogens with zero attached hydrogens (tertiary/aromatic N) is 3. The zero-order valence-electron chi connectivity index (χ0n) is 14.5. The van der Waals surface area contributed by atoms with Crippen LogP contribution < -0.4 is 5.32 Å². The first-order valence-electron chi connectivity index (χ1n) is 8.73. The molecule has 1 aromatic heterocycles. The van der Waals surface area contributed by atoms with Crippen molar-refractivity contribution in [1.29, 1.82) is 0 Å². The third kappa shape index (κ3) is 3.75. The van der Waals surface area contributed by atoms with E-state index in [4.69, 9.17) is 4.74 Å². The Morgan fingerprint density at radius 2 is 2.09 bits per heavy atom. The molecule has 6 nitrogen and oxygen atoms in total. The molecule has 2 unspecified atom stereocenters. The van der Waals surface area contributed by atoms with Crippen LogP contribution in [0.4, 0.5) is 0 Å². The highest BCUT2D eigenvalue weighted by atomic mass is 16.5. The molecule has 0 saturated carbocycles. The summed E-state index contributed by atoms with van der Waals surface area (Å²) in [7, 11) is 0. The van der Waals surface area contributed by atoms with Crippen LogP contribution in [0.2, 0.25) is 0 Å². The van der Waals surface area contributed by atoms with Gasteiger partial charge in [0.25, 0.3) is 0 Å². The summed E-state index contributed by atoms with van der Waals surface area (Å²) < 4.78 is 6.81. The zero-order chi connectivity index (χ0) is 16.4. The van der Waals surface area contributed by atoms with Gasteiger partial charge in [-0.1, -0.05) is 0 Å². The summed E-state index contributed by atoms with van der Waals surface area (Å²) in [6.07, 6.45) is 3.85. The summed E-state index contributed by atoms with van der Waals surface area (Å²) in [6, 6.07) is 1.34. The number of rotatable bonds is 5. The standard InChI is InChI=1S/C17H28N4O2/c1-4-23-17(22)11-21-13(3)16(12(2)19-21)10-20-8-7-14-5-6-15(9-20)18-14/h14-15,18H,4-11H2,1-3H3. The molecule has 6 heteroatoms. The van der Waals surface area contributed by atoms with Gasteiger partial charge in [-0.05, 0) is 40.0 Å². The van der Waals surface area contributed by atoms with Crippen molar-refractivity contribution >= 4 is 5.97 Å². The van der Waals surface area contributed by atoms with E-state index < -0.39 is 0 Å². The number of carbonyl (C=O) groups excluding carboxylic acids is 1. The Kier molecular flexibility index (Phi) is 5.02. The van der Waals surface area contributed by atoms with Crippen LogP contribution in [0.25, 0.3) is 0 Å². The maximum Gasteiger partial charge on any atom is 0.327 e. The Morgan fingerprint density at radius 3 is 2.87 bits per heavy atom. The Bertz CT molecular complexity index is 569. The Hall–Kier alpha value is -1.40. The van der Waals surface area contributed by atoms with Gasteiger partial charge in [0.05, 0.1) is 12.3 Å². The molecule has 2 atom stereocenters. The van der Waals surface area contributed by atoms with Gasteiger partial charge >= 0.3 is 5.97 Å². The van der Waals surface area contributed by atoms with Crippen LogP contribution in [-0.2, 0) is 22.6 Å². The van der Waals surface area contributed by atoms with Crippen molar-refractivity contribution in [3.63, 3.8) is 0 Å². The average molecular weight is 320 g/mol. The lowest BCUT2D eigenvalue weighted by Gasteiger charge is -2.24. The molecule has 3 rings (SSSR count). The van der Waals surface area contributed by atoms with Crippen LogP contribution in [0.1, 0.15) is 43.1 Å². The Labute approximate surface area is 138 Å². The van der Waals surface area contributed by atoms with E-state index in [1.165, 1.54) is 24.8 Å². The molecule has 23 heavy (non-hydrogen) atoms. The van der Waals surface area contributed by atoms with Gasteiger partial charge in [0.15, 0.2) is 0 Å². The molecular weight excluding hydrogens is 292 g/mol. The number of esters is 1. The average Bonchev–Trinajstić information content (AvgIpc) is 2.96. The normalized spacial score (nSPS) is 24.7. The molecule has 2 fully saturated rings. The van der Waals surface area contributed by atoms with E-state index in [9.17, 15) is 4.79 Å². The molecule has 0 amide bonds. The van der Waals surface area contributed by atoms with Crippen molar-refractivity contribution in [1.82, 2.24) is 20.0 Å². The number of ether oxygens (including phenoxy) is 1. The van der Waals surface area contributed by atoms with Crippen molar-refractivity contribution in [2.75, 3.05) is 19.7 Å². The summed E-state index contributed by atoms with van der Waals surface area (Å²) in [5, 5.41) is 8.26. The summed E-state index contributed by atoms with van der Waals surface area (Å²) >= 11 is 0. The fraction of sp³-hybridized carbons (Fsp3) is 0.765. The minimum absolute atomic E-state index is 0.201. The van der Waals surface area contributed by atoms with E-state index in [0.717, 1.165) is 31.0 Å². The quantitative estimate of drug-likeness (QED) is 0.831. The second kappa shape index (κ2) is 7.01. The van der Waals surface area contributed by atoms with Gasteiger partial charge in [-0.25, -0.2) is 0 Å². The molecule has 2 aliphatic heterocycles. The number of aromatic nitrogens is 2. The molecule has 0 radical (unpaired) electrons. The maximum absolute atomic E-state index is 11.7. The lowest BCUT2D eigenvalue weighted by molar-refractivity contribution is -0.144. The van der Waals surface area contributed by atoms with E-state index in [1.807, 2.05) is 13.8 Å². The largest absolute Gasteiger partial charge is 0.465 e. The van der Waals surface area contributed by atoms with E-state index in [0.29, 0.717) is 18.7 Å². The molecule has 0 aliphatic carbocycles. The predicted molar refractivity (Wildman–Crippen MR) is 88.2 cm³/mol. The van der Waals surface area contributed by atoms with Crippen LogP contribution in [0.5, 0.6) is 0 Å². The molecule has 0 spiro atoms. The van der Waals surface area contributed by atoms with Crippen LogP contribution in [0, 0.1) is 13.8 Å². The number of hydrogen-bond acceptors (Lipinski definition) is 5. The zero-order valence-corrected chi connectivity index (χ0v) is 14.5. The summed E-state index contributed by atoms with van der Waals surface area (Å²) in [6.45, 7) is 9.69. The maximum atomic E-state index is 11.7. The topological polar surface area (TPSA) is 59.4 Å². The van der Waals surface area contributed by atoms with E-state index in [2.05, 4.69) is 22.2 Å². The molecule has 1 aromatic rings. The highest BCUT2D eigenvalue weighted by Crippen LogP contribution is 2.23. The predicted octanol–water partition coefficient (Wildman–Crippen LogP) is 1.39.